The first-order valence-electron chi connectivity index (χ1n) is 9.50. The largest absolute Gasteiger partial charge is 0.507 e. The lowest BCUT2D eigenvalue weighted by Crippen LogP contribution is -2.24. The lowest BCUT2D eigenvalue weighted by Gasteiger charge is -2.24. The van der Waals surface area contributed by atoms with E-state index in [1.807, 2.05) is 0 Å². The van der Waals surface area contributed by atoms with Crippen molar-refractivity contribution in [2.24, 2.45) is 0 Å². The summed E-state index contributed by atoms with van der Waals surface area (Å²) in [6.07, 6.45) is 3.66. The van der Waals surface area contributed by atoms with E-state index in [1.165, 1.54) is 12.1 Å². The zero-order chi connectivity index (χ0) is 20.3. The number of nitrogens with one attached hydrogen (secondary N) is 2. The predicted octanol–water partition coefficient (Wildman–Crippen LogP) is 3.76. The fraction of sp³-hybridized carbons (Fsp3) is 0.333. The molecule has 0 radical (unpaired) electrons. The molecule has 28 heavy (non-hydrogen) atoms. The summed E-state index contributed by atoms with van der Waals surface area (Å²) in [4.78, 5) is 26.5. The Morgan fingerprint density at radius 1 is 0.786 bits per heavy atom. The van der Waals surface area contributed by atoms with Crippen LogP contribution in [0.4, 0.5) is 11.4 Å². The summed E-state index contributed by atoms with van der Waals surface area (Å²) in [6, 6.07) is 6.03. The first-order chi connectivity index (χ1) is 13.5. The van der Waals surface area contributed by atoms with Crippen molar-refractivity contribution < 1.29 is 19.8 Å². The first-order valence-corrected chi connectivity index (χ1v) is 10.3. The summed E-state index contributed by atoms with van der Waals surface area (Å²) in [5, 5.41) is 27.0. The molecule has 0 saturated carbocycles. The van der Waals surface area contributed by atoms with E-state index in [1.54, 1.807) is 12.1 Å². The van der Waals surface area contributed by atoms with Gasteiger partial charge in [0.25, 0.3) is 0 Å². The number of aromatic hydroxyl groups is 2. The Labute approximate surface area is 166 Å². The Morgan fingerprint density at radius 2 is 1.25 bits per heavy atom. The number of ketones is 2. The van der Waals surface area contributed by atoms with E-state index in [0.29, 0.717) is 24.5 Å². The number of hydrogen-bond acceptors (Lipinski definition) is 6. The van der Waals surface area contributed by atoms with Gasteiger partial charge in [-0.3, -0.25) is 9.59 Å². The van der Waals surface area contributed by atoms with Crippen LogP contribution in [0.1, 0.15) is 58.0 Å². The second-order valence-electron chi connectivity index (χ2n) is 6.77. The van der Waals surface area contributed by atoms with E-state index in [2.05, 4.69) is 26.8 Å². The van der Waals surface area contributed by atoms with Crippen molar-refractivity contribution in [2.75, 3.05) is 29.9 Å². The molecule has 2 aromatic carbocycles. The molecule has 0 bridgehead atoms. The topological polar surface area (TPSA) is 98.7 Å². The number of rotatable bonds is 8. The molecule has 0 fully saturated rings. The van der Waals surface area contributed by atoms with Crippen LogP contribution in [-0.2, 0) is 0 Å². The summed E-state index contributed by atoms with van der Waals surface area (Å²) in [6.45, 7) is 3.33. The molecule has 0 aliphatic heterocycles. The Balaban J connectivity index is 2.12. The number of unbranched alkanes of at least 4 members (excludes halogenated alkanes) is 1. The maximum Gasteiger partial charge on any atom is 0.200 e. The third kappa shape index (κ3) is 3.57. The van der Waals surface area contributed by atoms with Gasteiger partial charge >= 0.3 is 0 Å². The average Bonchev–Trinajstić information content (AvgIpc) is 2.68. The van der Waals surface area contributed by atoms with Crippen LogP contribution in [0.3, 0.4) is 0 Å². The number of anilines is 2. The maximum atomic E-state index is 13.3. The number of fused-ring (bicyclic) bond motifs is 2. The number of benzene rings is 2. The molecule has 148 valence electrons. The fourth-order valence-corrected chi connectivity index (χ4v) is 3.59. The van der Waals surface area contributed by atoms with Gasteiger partial charge in [-0.2, -0.15) is 0 Å². The Hall–Kier alpha value is -2.59. The smallest absolute Gasteiger partial charge is 0.200 e. The Kier molecular flexibility index (Phi) is 6.20. The highest BCUT2D eigenvalue weighted by Crippen LogP contribution is 2.42. The molecule has 3 rings (SSSR count). The SMILES string of the molecule is CCCCNc1ccc(O)c2c1C(=O)c1c(O)ccc(NCCCP)c1C2=O. The van der Waals surface area contributed by atoms with Crippen molar-refractivity contribution >= 4 is 32.2 Å². The number of phenolic OH excluding ortho intramolecular Hbond substituents is 2. The van der Waals surface area contributed by atoms with Gasteiger partial charge in [-0.15, -0.1) is 9.24 Å². The third-order valence-electron chi connectivity index (χ3n) is 4.82. The van der Waals surface area contributed by atoms with Gasteiger partial charge in [0.15, 0.2) is 0 Å². The molecule has 4 N–H and O–H groups in total. The Morgan fingerprint density at radius 3 is 1.68 bits per heavy atom. The van der Waals surface area contributed by atoms with Crippen LogP contribution in [-0.4, -0.2) is 41.0 Å². The normalized spacial score (nSPS) is 12.5. The van der Waals surface area contributed by atoms with Gasteiger partial charge in [-0.1, -0.05) is 13.3 Å². The molecule has 0 saturated heterocycles. The van der Waals surface area contributed by atoms with Crippen LogP contribution < -0.4 is 10.6 Å². The summed E-state index contributed by atoms with van der Waals surface area (Å²) in [5.74, 6) is -1.41. The number of carbonyl (C=O) groups excluding carboxylic acids is 2. The summed E-state index contributed by atoms with van der Waals surface area (Å²) >= 11 is 0. The predicted molar refractivity (Wildman–Crippen MR) is 114 cm³/mol. The summed E-state index contributed by atoms with van der Waals surface area (Å²) in [7, 11) is 2.64. The molecule has 6 nitrogen and oxygen atoms in total. The molecule has 1 unspecified atom stereocenters. The minimum atomic E-state index is -0.467. The van der Waals surface area contributed by atoms with Gasteiger partial charge in [-0.05, 0) is 43.3 Å². The molecule has 1 atom stereocenters. The molecule has 0 heterocycles. The minimum Gasteiger partial charge on any atom is -0.507 e. The molecule has 1 aliphatic rings. The monoisotopic (exact) mass is 400 g/mol. The van der Waals surface area contributed by atoms with Gasteiger partial charge < -0.3 is 20.8 Å². The molecular formula is C21H25N2O4P. The standard InChI is InChI=1S/C21H25N2O4P/c1-2-3-9-22-12-5-7-14(24)18-16(12)20(26)19-15(25)8-6-13(17(19)21(18)27)23-10-4-11-28/h5-8,22-25H,2-4,9-11,28H2,1H3. The van der Waals surface area contributed by atoms with Crippen LogP contribution in [0, 0.1) is 0 Å². The zero-order valence-corrected chi connectivity index (χ0v) is 17.0. The zero-order valence-electron chi connectivity index (χ0n) is 15.8. The lowest BCUT2D eigenvalue weighted by atomic mass is 9.81. The summed E-state index contributed by atoms with van der Waals surface area (Å²) < 4.78 is 0. The van der Waals surface area contributed by atoms with Gasteiger partial charge in [0, 0.05) is 24.5 Å². The Bertz CT molecular complexity index is 852. The highest BCUT2D eigenvalue weighted by Gasteiger charge is 2.37. The van der Waals surface area contributed by atoms with Crippen LogP contribution in [0.2, 0.25) is 0 Å². The third-order valence-corrected chi connectivity index (χ3v) is 5.23. The first kappa shape index (κ1) is 20.2. The fourth-order valence-electron chi connectivity index (χ4n) is 3.38. The van der Waals surface area contributed by atoms with Crippen molar-refractivity contribution in [3.8, 4) is 11.5 Å². The number of phenols is 2. The second-order valence-corrected chi connectivity index (χ2v) is 7.35. The van der Waals surface area contributed by atoms with E-state index >= 15 is 0 Å². The number of hydrogen-bond donors (Lipinski definition) is 4. The second kappa shape index (κ2) is 8.61. The van der Waals surface area contributed by atoms with E-state index in [9.17, 15) is 19.8 Å². The van der Waals surface area contributed by atoms with Crippen molar-refractivity contribution in [1.82, 2.24) is 0 Å². The van der Waals surface area contributed by atoms with Gasteiger partial charge in [0.1, 0.15) is 11.5 Å². The average molecular weight is 400 g/mol. The molecule has 7 heteroatoms. The molecule has 1 aliphatic carbocycles. The summed E-state index contributed by atoms with van der Waals surface area (Å²) in [5.41, 5.74) is 1.18. The quantitative estimate of drug-likeness (QED) is 0.261. The van der Waals surface area contributed by atoms with E-state index in [4.69, 9.17) is 0 Å². The highest BCUT2D eigenvalue weighted by molar-refractivity contribution is 7.16. The molecule has 0 spiro atoms. The van der Waals surface area contributed by atoms with Gasteiger partial charge in [-0.25, -0.2) is 0 Å². The van der Waals surface area contributed by atoms with Crippen molar-refractivity contribution in [1.29, 1.82) is 0 Å². The molecule has 2 aromatic rings. The van der Waals surface area contributed by atoms with Crippen LogP contribution >= 0.6 is 9.24 Å². The lowest BCUT2D eigenvalue weighted by molar-refractivity contribution is 0.0975. The minimum absolute atomic E-state index is 0.0151. The highest BCUT2D eigenvalue weighted by atomic mass is 31.0. The van der Waals surface area contributed by atoms with Gasteiger partial charge in [0.05, 0.1) is 22.3 Å². The molecular weight excluding hydrogens is 375 g/mol. The maximum absolute atomic E-state index is 13.3. The number of carbonyl (C=O) groups is 2. The molecule has 0 aromatic heterocycles. The van der Waals surface area contributed by atoms with Crippen LogP contribution in [0.15, 0.2) is 24.3 Å². The van der Waals surface area contributed by atoms with E-state index < -0.39 is 11.6 Å². The van der Waals surface area contributed by atoms with Crippen LogP contribution in [0.5, 0.6) is 11.5 Å². The van der Waals surface area contributed by atoms with E-state index in [0.717, 1.165) is 25.4 Å². The van der Waals surface area contributed by atoms with Crippen molar-refractivity contribution in [2.45, 2.75) is 26.2 Å². The van der Waals surface area contributed by atoms with Crippen molar-refractivity contribution in [3.63, 3.8) is 0 Å². The van der Waals surface area contributed by atoms with Gasteiger partial charge in [0.2, 0.25) is 11.6 Å². The van der Waals surface area contributed by atoms with Crippen LogP contribution in [0.25, 0.3) is 0 Å². The molecule has 0 amide bonds. The van der Waals surface area contributed by atoms with Crippen molar-refractivity contribution in [3.05, 3.63) is 46.5 Å². The van der Waals surface area contributed by atoms with E-state index in [-0.39, 0.29) is 33.8 Å².